The van der Waals surface area contributed by atoms with Crippen LogP contribution >= 0.6 is 0 Å². The Hall–Kier alpha value is -2.10. The van der Waals surface area contributed by atoms with Crippen LogP contribution in [0.1, 0.15) is 57.5 Å². The second-order valence-electron chi connectivity index (χ2n) is 7.55. The van der Waals surface area contributed by atoms with E-state index < -0.39 is 5.41 Å². The molecule has 0 bridgehead atoms. The third kappa shape index (κ3) is 2.64. The Morgan fingerprint density at radius 2 is 1.71 bits per heavy atom. The molecule has 0 aliphatic heterocycles. The molecule has 2 aromatic heterocycles. The molecule has 3 rings (SSSR count). The van der Waals surface area contributed by atoms with Crippen molar-refractivity contribution < 1.29 is 18.4 Å². The molecule has 1 saturated carbocycles. The largest absolute Gasteiger partial charge is 0.469 e. The van der Waals surface area contributed by atoms with E-state index in [9.17, 15) is 9.59 Å². The van der Waals surface area contributed by atoms with Crippen molar-refractivity contribution in [2.24, 2.45) is 17.3 Å². The fourth-order valence-electron chi connectivity index (χ4n) is 3.97. The normalized spacial score (nSPS) is 26.7. The zero-order chi connectivity index (χ0) is 17.5. The van der Waals surface area contributed by atoms with E-state index in [1.807, 2.05) is 45.9 Å². The van der Waals surface area contributed by atoms with Gasteiger partial charge in [-0.2, -0.15) is 0 Å². The summed E-state index contributed by atoms with van der Waals surface area (Å²) in [6.07, 6.45) is 3.52. The van der Waals surface area contributed by atoms with Gasteiger partial charge >= 0.3 is 0 Å². The Morgan fingerprint density at radius 3 is 2.21 bits per heavy atom. The van der Waals surface area contributed by atoms with Crippen LogP contribution in [-0.2, 0) is 9.59 Å². The van der Waals surface area contributed by atoms with Crippen LogP contribution in [0.3, 0.4) is 0 Å². The minimum absolute atomic E-state index is 0.117. The van der Waals surface area contributed by atoms with E-state index >= 15 is 0 Å². The lowest BCUT2D eigenvalue weighted by atomic mass is 9.56. The van der Waals surface area contributed by atoms with Gasteiger partial charge in [-0.05, 0) is 24.3 Å². The highest BCUT2D eigenvalue weighted by atomic mass is 16.3. The van der Waals surface area contributed by atoms with Crippen molar-refractivity contribution in [2.75, 3.05) is 0 Å². The summed E-state index contributed by atoms with van der Waals surface area (Å²) < 4.78 is 11.2. The number of hydrogen-bond donors (Lipinski definition) is 0. The van der Waals surface area contributed by atoms with Crippen LogP contribution in [0.25, 0.3) is 0 Å². The third-order valence-corrected chi connectivity index (χ3v) is 5.35. The lowest BCUT2D eigenvalue weighted by molar-refractivity contribution is -0.140. The molecule has 128 valence electrons. The smallest absolute Gasteiger partial charge is 0.140 e. The molecule has 0 N–H and O–H groups in total. The predicted octanol–water partition coefficient (Wildman–Crippen LogP) is 4.58. The molecule has 1 aliphatic carbocycles. The molecule has 0 unspecified atom stereocenters. The minimum Gasteiger partial charge on any atom is -0.469 e. The summed E-state index contributed by atoms with van der Waals surface area (Å²) in [5.74, 6) is 0.697. The molecular formula is C20H24O4. The zero-order valence-electron chi connectivity index (χ0n) is 14.6. The maximum absolute atomic E-state index is 13.1. The van der Waals surface area contributed by atoms with E-state index in [1.54, 1.807) is 18.6 Å². The molecule has 3 atom stereocenters. The number of ketones is 2. The number of carbonyl (C=O) groups excluding carboxylic acids is 2. The zero-order valence-corrected chi connectivity index (χ0v) is 14.6. The highest BCUT2D eigenvalue weighted by molar-refractivity contribution is 5.93. The van der Waals surface area contributed by atoms with E-state index in [0.29, 0.717) is 17.9 Å². The summed E-state index contributed by atoms with van der Waals surface area (Å²) in [6.45, 7) is 7.65. The summed E-state index contributed by atoms with van der Waals surface area (Å²) >= 11 is 0. The molecule has 1 aliphatic rings. The number of furan rings is 2. The molecule has 0 spiro atoms. The summed E-state index contributed by atoms with van der Waals surface area (Å²) in [7, 11) is 0. The first-order valence-electron chi connectivity index (χ1n) is 8.48. The fourth-order valence-corrected chi connectivity index (χ4v) is 3.97. The van der Waals surface area contributed by atoms with Gasteiger partial charge in [-0.1, -0.05) is 27.7 Å². The van der Waals surface area contributed by atoms with E-state index in [2.05, 4.69) is 0 Å². The van der Waals surface area contributed by atoms with Crippen molar-refractivity contribution in [2.45, 2.75) is 46.0 Å². The van der Waals surface area contributed by atoms with Crippen LogP contribution in [0, 0.1) is 17.3 Å². The van der Waals surface area contributed by atoms with Gasteiger partial charge in [-0.25, -0.2) is 0 Å². The lowest BCUT2D eigenvalue weighted by Gasteiger charge is -2.45. The predicted molar refractivity (Wildman–Crippen MR) is 89.6 cm³/mol. The van der Waals surface area contributed by atoms with E-state index in [-0.39, 0.29) is 35.2 Å². The summed E-state index contributed by atoms with van der Waals surface area (Å²) in [4.78, 5) is 26.0. The maximum Gasteiger partial charge on any atom is 0.140 e. The maximum atomic E-state index is 13.1. The monoisotopic (exact) mass is 328 g/mol. The molecule has 0 amide bonds. The third-order valence-electron chi connectivity index (χ3n) is 5.35. The van der Waals surface area contributed by atoms with E-state index in [0.717, 1.165) is 0 Å². The molecule has 2 aromatic rings. The van der Waals surface area contributed by atoms with Crippen molar-refractivity contribution in [1.29, 1.82) is 0 Å². The topological polar surface area (TPSA) is 60.4 Å². The van der Waals surface area contributed by atoms with Gasteiger partial charge in [-0.15, -0.1) is 0 Å². The molecular weight excluding hydrogens is 304 g/mol. The Morgan fingerprint density at radius 1 is 1.12 bits per heavy atom. The fraction of sp³-hybridized carbons (Fsp3) is 0.500. The second-order valence-corrected chi connectivity index (χ2v) is 7.55. The van der Waals surface area contributed by atoms with Gasteiger partial charge in [0.25, 0.3) is 0 Å². The van der Waals surface area contributed by atoms with Gasteiger partial charge in [0.15, 0.2) is 0 Å². The van der Waals surface area contributed by atoms with E-state index in [1.165, 1.54) is 0 Å². The molecule has 0 aromatic carbocycles. The van der Waals surface area contributed by atoms with Gasteiger partial charge in [0.1, 0.15) is 23.1 Å². The average molecular weight is 328 g/mol. The summed E-state index contributed by atoms with van der Waals surface area (Å²) in [5.41, 5.74) is -0.657. The first kappa shape index (κ1) is 16.7. The Labute approximate surface area is 142 Å². The second kappa shape index (κ2) is 6.08. The van der Waals surface area contributed by atoms with Crippen LogP contribution < -0.4 is 0 Å². The number of carbonyl (C=O) groups is 2. The first-order chi connectivity index (χ1) is 11.3. The standard InChI is InChI=1S/C20H24O4/c1-12(2)19(22)17-13(14-7-5-9-23-14)11-16(21)20(3,4)18(17)15-8-6-10-24-15/h5-10,12-13,17-18H,11H2,1-4H3/t13-,17+,18-/m1/s1. The van der Waals surface area contributed by atoms with E-state index in [4.69, 9.17) is 8.83 Å². The molecule has 0 saturated heterocycles. The molecule has 2 heterocycles. The van der Waals surface area contributed by atoms with Gasteiger partial charge in [0.2, 0.25) is 0 Å². The first-order valence-corrected chi connectivity index (χ1v) is 8.48. The van der Waals surface area contributed by atoms with Crippen molar-refractivity contribution in [3.05, 3.63) is 48.3 Å². The van der Waals surface area contributed by atoms with Crippen molar-refractivity contribution in [3.63, 3.8) is 0 Å². The number of hydrogen-bond acceptors (Lipinski definition) is 4. The highest BCUT2D eigenvalue weighted by Gasteiger charge is 2.54. The summed E-state index contributed by atoms with van der Waals surface area (Å²) in [5, 5.41) is 0. The van der Waals surface area contributed by atoms with Crippen LogP contribution in [0.4, 0.5) is 0 Å². The Kier molecular flexibility index (Phi) is 4.24. The molecule has 0 radical (unpaired) electrons. The highest BCUT2D eigenvalue weighted by Crippen LogP contribution is 2.54. The molecule has 4 nitrogen and oxygen atoms in total. The van der Waals surface area contributed by atoms with Gasteiger partial charge in [0.05, 0.1) is 12.5 Å². The van der Waals surface area contributed by atoms with Gasteiger partial charge in [0, 0.05) is 35.5 Å². The lowest BCUT2D eigenvalue weighted by Crippen LogP contribution is -2.47. The average Bonchev–Trinajstić information content (AvgIpc) is 3.21. The van der Waals surface area contributed by atoms with Gasteiger partial charge in [-0.3, -0.25) is 9.59 Å². The SMILES string of the molecule is CC(C)C(=O)[C@H]1[C@@H](c2ccco2)CC(=O)C(C)(C)[C@@H]1c1ccco1. The Bertz CT molecular complexity index is 707. The van der Waals surface area contributed by atoms with Crippen LogP contribution in [0.5, 0.6) is 0 Å². The Balaban J connectivity index is 2.15. The molecule has 1 fully saturated rings. The van der Waals surface area contributed by atoms with Crippen LogP contribution in [-0.4, -0.2) is 11.6 Å². The number of rotatable bonds is 4. The van der Waals surface area contributed by atoms with Crippen molar-refractivity contribution >= 4 is 11.6 Å². The number of Topliss-reactive ketones (excluding diaryl/α,β-unsaturated/α-hetero) is 2. The van der Waals surface area contributed by atoms with Gasteiger partial charge < -0.3 is 8.83 Å². The minimum atomic E-state index is -0.657. The van der Waals surface area contributed by atoms with Crippen molar-refractivity contribution in [3.8, 4) is 0 Å². The van der Waals surface area contributed by atoms with Crippen LogP contribution in [0.2, 0.25) is 0 Å². The van der Waals surface area contributed by atoms with Crippen LogP contribution in [0.15, 0.2) is 45.6 Å². The quantitative estimate of drug-likeness (QED) is 0.824. The molecule has 4 heteroatoms. The molecule has 24 heavy (non-hydrogen) atoms. The van der Waals surface area contributed by atoms with Crippen molar-refractivity contribution in [1.82, 2.24) is 0 Å². The summed E-state index contributed by atoms with van der Waals surface area (Å²) in [6, 6.07) is 7.34.